The number of nitrogens with zero attached hydrogens (tertiary/aromatic N) is 1. The van der Waals surface area contributed by atoms with Crippen LogP contribution in [0.25, 0.3) is 0 Å². The van der Waals surface area contributed by atoms with E-state index in [2.05, 4.69) is 10.2 Å². The van der Waals surface area contributed by atoms with Gasteiger partial charge in [-0.05, 0) is 45.1 Å². The normalized spacial score (nSPS) is 31.0. The first-order chi connectivity index (χ1) is 9.83. The summed E-state index contributed by atoms with van der Waals surface area (Å²) >= 11 is 0. The van der Waals surface area contributed by atoms with Gasteiger partial charge in [0, 0.05) is 31.7 Å². The molecule has 20 heavy (non-hydrogen) atoms. The summed E-state index contributed by atoms with van der Waals surface area (Å²) in [5.41, 5.74) is 0. The molecule has 3 aliphatic rings. The minimum atomic E-state index is 0.288. The molecule has 1 saturated carbocycles. The van der Waals surface area contributed by atoms with Crippen LogP contribution in [0.2, 0.25) is 0 Å². The van der Waals surface area contributed by atoms with E-state index in [9.17, 15) is 4.79 Å². The third kappa shape index (κ3) is 3.53. The molecule has 0 aromatic rings. The van der Waals surface area contributed by atoms with Crippen LogP contribution in [0.5, 0.6) is 0 Å². The van der Waals surface area contributed by atoms with Crippen molar-refractivity contribution in [1.82, 2.24) is 10.2 Å². The van der Waals surface area contributed by atoms with Gasteiger partial charge in [-0.15, -0.1) is 0 Å². The van der Waals surface area contributed by atoms with Crippen molar-refractivity contribution in [1.29, 1.82) is 0 Å². The quantitative estimate of drug-likeness (QED) is 0.838. The molecule has 1 N–H and O–H groups in total. The number of rotatable bonds is 5. The smallest absolute Gasteiger partial charge is 0.224 e. The summed E-state index contributed by atoms with van der Waals surface area (Å²) in [6, 6.07) is 0.893. The molecule has 2 unspecified atom stereocenters. The summed E-state index contributed by atoms with van der Waals surface area (Å²) in [7, 11) is 0. The number of carbonyl (C=O) groups is 1. The van der Waals surface area contributed by atoms with Crippen molar-refractivity contribution in [3.8, 4) is 0 Å². The number of nitrogens with one attached hydrogen (secondary N) is 1. The average molecular weight is 280 g/mol. The second-order valence-corrected chi connectivity index (χ2v) is 6.62. The van der Waals surface area contributed by atoms with Crippen molar-refractivity contribution in [2.24, 2.45) is 0 Å². The first kappa shape index (κ1) is 14.3. The fourth-order valence-electron chi connectivity index (χ4n) is 3.94. The lowest BCUT2D eigenvalue weighted by Gasteiger charge is -2.32. The van der Waals surface area contributed by atoms with Crippen LogP contribution in [0.15, 0.2) is 0 Å². The Balaban J connectivity index is 1.58. The molecule has 0 bridgehead atoms. The first-order valence-electron chi connectivity index (χ1n) is 8.47. The summed E-state index contributed by atoms with van der Waals surface area (Å²) in [4.78, 5) is 14.9. The maximum Gasteiger partial charge on any atom is 0.224 e. The maximum atomic E-state index is 12.7. The molecule has 3 rings (SSSR count). The molecular weight excluding hydrogens is 252 g/mol. The molecule has 1 amide bonds. The van der Waals surface area contributed by atoms with Gasteiger partial charge in [-0.25, -0.2) is 0 Å². The lowest BCUT2D eigenvalue weighted by molar-refractivity contribution is -0.135. The van der Waals surface area contributed by atoms with Gasteiger partial charge in [0.25, 0.3) is 0 Å². The van der Waals surface area contributed by atoms with Gasteiger partial charge in [0.2, 0.25) is 5.91 Å². The van der Waals surface area contributed by atoms with E-state index in [-0.39, 0.29) is 6.10 Å². The Labute approximate surface area is 122 Å². The number of carbonyl (C=O) groups excluding carboxylic acids is 1. The van der Waals surface area contributed by atoms with Gasteiger partial charge >= 0.3 is 0 Å². The molecule has 0 aromatic carbocycles. The van der Waals surface area contributed by atoms with Crippen molar-refractivity contribution in [2.45, 2.75) is 76.0 Å². The van der Waals surface area contributed by atoms with Gasteiger partial charge < -0.3 is 15.0 Å². The molecule has 2 atom stereocenters. The minimum absolute atomic E-state index is 0.288. The highest BCUT2D eigenvalue weighted by atomic mass is 16.5. The second-order valence-electron chi connectivity index (χ2n) is 6.62. The Kier molecular flexibility index (Phi) is 4.94. The Hall–Kier alpha value is -0.610. The largest absolute Gasteiger partial charge is 0.376 e. The molecule has 0 radical (unpaired) electrons. The van der Waals surface area contributed by atoms with E-state index >= 15 is 0 Å². The zero-order valence-corrected chi connectivity index (χ0v) is 12.5. The third-order valence-corrected chi connectivity index (χ3v) is 5.09. The number of amides is 1. The van der Waals surface area contributed by atoms with Crippen LogP contribution in [0.4, 0.5) is 0 Å². The average Bonchev–Trinajstić information content (AvgIpc) is 3.19. The minimum Gasteiger partial charge on any atom is -0.376 e. The molecule has 0 spiro atoms. The van der Waals surface area contributed by atoms with Gasteiger partial charge in [-0.2, -0.15) is 0 Å². The molecule has 2 saturated heterocycles. The van der Waals surface area contributed by atoms with Crippen LogP contribution in [-0.4, -0.2) is 48.7 Å². The van der Waals surface area contributed by atoms with E-state index in [1.807, 2.05) is 0 Å². The van der Waals surface area contributed by atoms with Gasteiger partial charge in [-0.1, -0.05) is 12.8 Å². The molecular formula is C16H28N2O2. The van der Waals surface area contributed by atoms with E-state index in [0.29, 0.717) is 24.4 Å². The Morgan fingerprint density at radius 2 is 1.95 bits per heavy atom. The third-order valence-electron chi connectivity index (χ3n) is 5.09. The van der Waals surface area contributed by atoms with Crippen LogP contribution in [0.3, 0.4) is 0 Å². The summed E-state index contributed by atoms with van der Waals surface area (Å²) in [5, 5.41) is 3.45. The molecule has 3 fully saturated rings. The van der Waals surface area contributed by atoms with Crippen molar-refractivity contribution in [3.05, 3.63) is 0 Å². The van der Waals surface area contributed by atoms with Crippen molar-refractivity contribution in [2.75, 3.05) is 19.7 Å². The lowest BCUT2D eigenvalue weighted by atomic mass is 10.1. The Morgan fingerprint density at radius 1 is 1.10 bits per heavy atom. The fourth-order valence-corrected chi connectivity index (χ4v) is 3.94. The predicted octanol–water partition coefficient (Wildman–Crippen LogP) is 2.08. The second kappa shape index (κ2) is 6.90. The lowest BCUT2D eigenvalue weighted by Crippen LogP contribution is -2.45. The predicted molar refractivity (Wildman–Crippen MR) is 78.6 cm³/mol. The van der Waals surface area contributed by atoms with E-state index in [1.165, 1.54) is 32.1 Å². The van der Waals surface area contributed by atoms with Crippen molar-refractivity contribution < 1.29 is 9.53 Å². The van der Waals surface area contributed by atoms with Crippen LogP contribution in [0, 0.1) is 0 Å². The van der Waals surface area contributed by atoms with Crippen LogP contribution < -0.4 is 5.32 Å². The molecule has 1 aliphatic carbocycles. The number of hydrogen-bond acceptors (Lipinski definition) is 3. The number of hydrogen-bond donors (Lipinski definition) is 1. The van der Waals surface area contributed by atoms with Crippen molar-refractivity contribution in [3.63, 3.8) is 0 Å². The van der Waals surface area contributed by atoms with E-state index < -0.39 is 0 Å². The van der Waals surface area contributed by atoms with E-state index in [0.717, 1.165) is 39.0 Å². The van der Waals surface area contributed by atoms with Crippen LogP contribution in [0.1, 0.15) is 57.8 Å². The molecule has 4 heteroatoms. The topological polar surface area (TPSA) is 41.6 Å². The van der Waals surface area contributed by atoms with E-state index in [4.69, 9.17) is 4.74 Å². The highest BCUT2D eigenvalue weighted by molar-refractivity contribution is 5.77. The maximum absolute atomic E-state index is 12.7. The standard InChI is InChI=1S/C16H28N2O2/c19-16(11-13-5-3-9-17-13)18(14-6-1-2-7-14)12-15-8-4-10-20-15/h13-15,17H,1-12H2. The number of ether oxygens (including phenoxy) is 1. The fraction of sp³-hybridized carbons (Fsp3) is 0.938. The van der Waals surface area contributed by atoms with Gasteiger partial charge in [-0.3, -0.25) is 4.79 Å². The van der Waals surface area contributed by atoms with Gasteiger partial charge in [0.1, 0.15) is 0 Å². The summed E-state index contributed by atoms with van der Waals surface area (Å²) < 4.78 is 5.75. The van der Waals surface area contributed by atoms with Gasteiger partial charge in [0.05, 0.1) is 6.10 Å². The highest BCUT2D eigenvalue weighted by Crippen LogP contribution is 2.26. The Morgan fingerprint density at radius 3 is 2.60 bits per heavy atom. The molecule has 4 nitrogen and oxygen atoms in total. The van der Waals surface area contributed by atoms with Crippen LogP contribution in [-0.2, 0) is 9.53 Å². The monoisotopic (exact) mass is 280 g/mol. The summed E-state index contributed by atoms with van der Waals surface area (Å²) in [5.74, 6) is 0.354. The molecule has 114 valence electrons. The van der Waals surface area contributed by atoms with Crippen LogP contribution >= 0.6 is 0 Å². The molecule has 0 aromatic heterocycles. The SMILES string of the molecule is O=C(CC1CCCN1)N(CC1CCCO1)C1CCCC1. The molecule has 2 aliphatic heterocycles. The summed E-state index contributed by atoms with van der Waals surface area (Å²) in [6.07, 6.45) is 10.6. The van der Waals surface area contributed by atoms with Crippen molar-refractivity contribution >= 4 is 5.91 Å². The van der Waals surface area contributed by atoms with E-state index in [1.54, 1.807) is 0 Å². The Bertz CT molecular complexity index is 316. The first-order valence-corrected chi connectivity index (χ1v) is 8.47. The zero-order valence-electron chi connectivity index (χ0n) is 12.5. The highest BCUT2D eigenvalue weighted by Gasteiger charge is 2.31. The zero-order chi connectivity index (χ0) is 13.8. The summed E-state index contributed by atoms with van der Waals surface area (Å²) in [6.45, 7) is 2.78. The van der Waals surface area contributed by atoms with Gasteiger partial charge in [0.15, 0.2) is 0 Å². The molecule has 2 heterocycles.